The molecule has 9 heteroatoms. The first-order chi connectivity index (χ1) is 11.9. The van der Waals surface area contributed by atoms with Crippen molar-refractivity contribution < 1.29 is 31.5 Å². The molecule has 1 heterocycles. The molecule has 0 saturated heterocycles. The van der Waals surface area contributed by atoms with Crippen LogP contribution >= 0.6 is 0 Å². The van der Waals surface area contributed by atoms with E-state index in [1.807, 2.05) is 0 Å². The van der Waals surface area contributed by atoms with Crippen molar-refractivity contribution in [1.82, 2.24) is 10.2 Å². The zero-order valence-electron chi connectivity index (χ0n) is 12.7. The number of aromatic nitrogens is 2. The predicted molar refractivity (Wildman–Crippen MR) is 78.4 cm³/mol. The maximum Gasteiger partial charge on any atom is 0.573 e. The van der Waals surface area contributed by atoms with E-state index < -0.39 is 12.2 Å². The van der Waals surface area contributed by atoms with Crippen molar-refractivity contribution >= 4 is 0 Å². The first-order valence-corrected chi connectivity index (χ1v) is 6.89. The molecular weight excluding hydrogens is 344 g/mol. The van der Waals surface area contributed by atoms with E-state index in [1.54, 1.807) is 6.07 Å². The molecule has 0 amide bonds. The highest BCUT2D eigenvalue weighted by molar-refractivity contribution is 5.59. The Kier molecular flexibility index (Phi) is 4.30. The minimum atomic E-state index is -4.77. The average Bonchev–Trinajstić information content (AvgIpc) is 3.04. The van der Waals surface area contributed by atoms with Crippen molar-refractivity contribution in [3.63, 3.8) is 0 Å². The third-order valence-electron chi connectivity index (χ3n) is 3.16. The fraction of sp³-hybridized carbons (Fsp3) is 0.125. The number of nitrogens with zero attached hydrogens (tertiary/aromatic N) is 2. The molecule has 130 valence electrons. The summed E-state index contributed by atoms with van der Waals surface area (Å²) in [6, 6.07) is 9.06. The number of hydrogen-bond donors (Lipinski definition) is 0. The van der Waals surface area contributed by atoms with Crippen LogP contribution in [0, 0.1) is 5.82 Å². The second-order valence-corrected chi connectivity index (χ2v) is 4.83. The molecule has 0 N–H and O–H groups in total. The topological polar surface area (TPSA) is 57.4 Å². The van der Waals surface area contributed by atoms with Crippen molar-refractivity contribution in [2.45, 2.75) is 6.36 Å². The van der Waals surface area contributed by atoms with Gasteiger partial charge in [-0.3, -0.25) is 0 Å². The minimum absolute atomic E-state index is 0.0622. The van der Waals surface area contributed by atoms with Crippen LogP contribution in [0.5, 0.6) is 11.5 Å². The lowest BCUT2D eigenvalue weighted by atomic mass is 10.2. The summed E-state index contributed by atoms with van der Waals surface area (Å²) in [5.74, 6) is -0.748. The summed E-state index contributed by atoms with van der Waals surface area (Å²) >= 11 is 0. The molecule has 25 heavy (non-hydrogen) atoms. The molecule has 0 aliphatic carbocycles. The molecule has 0 saturated carbocycles. The number of methoxy groups -OCH3 is 1. The predicted octanol–water partition coefficient (Wildman–Crippen LogP) is 4.45. The number of rotatable bonds is 4. The van der Waals surface area contributed by atoms with Crippen LogP contribution in [-0.4, -0.2) is 23.7 Å². The Balaban J connectivity index is 1.83. The van der Waals surface area contributed by atoms with Crippen LogP contribution in [-0.2, 0) is 0 Å². The second-order valence-electron chi connectivity index (χ2n) is 4.83. The lowest BCUT2D eigenvalue weighted by molar-refractivity contribution is -0.274. The van der Waals surface area contributed by atoms with Gasteiger partial charge in [-0.15, -0.1) is 23.4 Å². The third-order valence-corrected chi connectivity index (χ3v) is 3.16. The van der Waals surface area contributed by atoms with Gasteiger partial charge in [0.25, 0.3) is 0 Å². The van der Waals surface area contributed by atoms with Gasteiger partial charge in [-0.25, -0.2) is 4.39 Å². The monoisotopic (exact) mass is 354 g/mol. The van der Waals surface area contributed by atoms with E-state index in [2.05, 4.69) is 14.9 Å². The van der Waals surface area contributed by atoms with Gasteiger partial charge < -0.3 is 13.9 Å². The molecular formula is C16H10F4N2O3. The quantitative estimate of drug-likeness (QED) is 0.648. The van der Waals surface area contributed by atoms with Crippen LogP contribution in [0.3, 0.4) is 0 Å². The standard InChI is InChI=1S/C16H10F4N2O3/c1-23-13-7-4-10(8-12(13)17)15-22-21-14(24-15)9-2-5-11(6-3-9)25-16(18,19)20/h2-8H,1H3. The van der Waals surface area contributed by atoms with Crippen LogP contribution in [0.15, 0.2) is 46.9 Å². The number of alkyl halides is 3. The van der Waals surface area contributed by atoms with Crippen LogP contribution in [0.25, 0.3) is 22.9 Å². The minimum Gasteiger partial charge on any atom is -0.494 e. The van der Waals surface area contributed by atoms with Gasteiger partial charge in [0, 0.05) is 11.1 Å². The van der Waals surface area contributed by atoms with Crippen molar-refractivity contribution in [3.8, 4) is 34.4 Å². The summed E-state index contributed by atoms with van der Waals surface area (Å²) in [6.45, 7) is 0. The Morgan fingerprint density at radius 3 is 2.08 bits per heavy atom. The summed E-state index contributed by atoms with van der Waals surface area (Å²) in [6.07, 6.45) is -4.77. The maximum absolute atomic E-state index is 13.7. The number of halogens is 4. The van der Waals surface area contributed by atoms with E-state index in [-0.39, 0.29) is 23.3 Å². The van der Waals surface area contributed by atoms with Gasteiger partial charge in [0.15, 0.2) is 11.6 Å². The van der Waals surface area contributed by atoms with Crippen molar-refractivity contribution in [2.75, 3.05) is 7.11 Å². The van der Waals surface area contributed by atoms with Gasteiger partial charge in [-0.05, 0) is 42.5 Å². The zero-order valence-corrected chi connectivity index (χ0v) is 12.7. The smallest absolute Gasteiger partial charge is 0.494 e. The van der Waals surface area contributed by atoms with Crippen LogP contribution in [0.1, 0.15) is 0 Å². The highest BCUT2D eigenvalue weighted by Gasteiger charge is 2.31. The van der Waals surface area contributed by atoms with Crippen LogP contribution < -0.4 is 9.47 Å². The molecule has 5 nitrogen and oxygen atoms in total. The third kappa shape index (κ3) is 3.87. The van der Waals surface area contributed by atoms with Gasteiger partial charge in [0.1, 0.15) is 5.75 Å². The van der Waals surface area contributed by atoms with E-state index >= 15 is 0 Å². The van der Waals surface area contributed by atoms with E-state index in [0.29, 0.717) is 11.1 Å². The van der Waals surface area contributed by atoms with Crippen molar-refractivity contribution in [1.29, 1.82) is 0 Å². The molecule has 3 aromatic rings. The van der Waals surface area contributed by atoms with Gasteiger partial charge in [-0.2, -0.15) is 0 Å². The molecule has 3 rings (SSSR count). The maximum atomic E-state index is 13.7. The second kappa shape index (κ2) is 6.42. The van der Waals surface area contributed by atoms with E-state index in [1.165, 1.54) is 31.4 Å². The molecule has 0 aliphatic heterocycles. The van der Waals surface area contributed by atoms with Gasteiger partial charge in [0.2, 0.25) is 11.8 Å². The molecule has 0 atom stereocenters. The lowest BCUT2D eigenvalue weighted by Crippen LogP contribution is -2.16. The Morgan fingerprint density at radius 1 is 0.920 bits per heavy atom. The molecule has 0 bridgehead atoms. The Hall–Kier alpha value is -3.10. The number of ether oxygens (including phenoxy) is 2. The molecule has 2 aromatic carbocycles. The SMILES string of the molecule is COc1ccc(-c2nnc(-c3ccc(OC(F)(F)F)cc3)o2)cc1F. The van der Waals surface area contributed by atoms with Gasteiger partial charge in [-0.1, -0.05) is 0 Å². The van der Waals surface area contributed by atoms with Crippen LogP contribution in [0.4, 0.5) is 17.6 Å². The van der Waals surface area contributed by atoms with Crippen molar-refractivity contribution in [2.24, 2.45) is 0 Å². The van der Waals surface area contributed by atoms with Gasteiger partial charge in [0.05, 0.1) is 7.11 Å². The first-order valence-electron chi connectivity index (χ1n) is 6.89. The number of hydrogen-bond acceptors (Lipinski definition) is 5. The highest BCUT2D eigenvalue weighted by Crippen LogP contribution is 2.29. The Morgan fingerprint density at radius 2 is 1.52 bits per heavy atom. The largest absolute Gasteiger partial charge is 0.573 e. The molecule has 0 aliphatic rings. The summed E-state index contributed by atoms with van der Waals surface area (Å²) in [4.78, 5) is 0. The summed E-state index contributed by atoms with van der Waals surface area (Å²) < 4.78 is 64.2. The first kappa shape index (κ1) is 16.7. The number of benzene rings is 2. The average molecular weight is 354 g/mol. The summed E-state index contributed by atoms with van der Waals surface area (Å²) in [7, 11) is 1.34. The molecule has 1 aromatic heterocycles. The highest BCUT2D eigenvalue weighted by atomic mass is 19.4. The Labute approximate surface area is 138 Å². The van der Waals surface area contributed by atoms with E-state index in [9.17, 15) is 17.6 Å². The zero-order chi connectivity index (χ0) is 18.0. The molecule has 0 fully saturated rings. The Bertz CT molecular complexity index is 876. The molecule has 0 unspecified atom stereocenters. The lowest BCUT2D eigenvalue weighted by Gasteiger charge is -2.08. The molecule has 0 spiro atoms. The summed E-state index contributed by atoms with van der Waals surface area (Å²) in [5.41, 5.74) is 0.733. The fourth-order valence-corrected chi connectivity index (χ4v) is 2.06. The van der Waals surface area contributed by atoms with Gasteiger partial charge >= 0.3 is 6.36 Å². The molecule has 0 radical (unpaired) electrons. The van der Waals surface area contributed by atoms with Crippen molar-refractivity contribution in [3.05, 3.63) is 48.3 Å². The van der Waals surface area contributed by atoms with Crippen LogP contribution in [0.2, 0.25) is 0 Å². The van der Waals surface area contributed by atoms with E-state index in [4.69, 9.17) is 9.15 Å². The van der Waals surface area contributed by atoms with E-state index in [0.717, 1.165) is 12.1 Å². The summed E-state index contributed by atoms with van der Waals surface area (Å²) in [5, 5.41) is 7.61. The fourth-order valence-electron chi connectivity index (χ4n) is 2.06. The normalized spacial score (nSPS) is 11.4.